The van der Waals surface area contributed by atoms with Crippen molar-refractivity contribution >= 4 is 11.8 Å². The number of carbonyl (C=O) groups excluding carboxylic acids is 2. The van der Waals surface area contributed by atoms with Crippen LogP contribution in [0.25, 0.3) is 0 Å². The largest absolute Gasteiger partial charge is 0.353 e. The van der Waals surface area contributed by atoms with Crippen LogP contribution in [-0.4, -0.2) is 24.4 Å². The Bertz CT molecular complexity index is 615. The van der Waals surface area contributed by atoms with Crippen LogP contribution in [0.1, 0.15) is 58.6 Å². The van der Waals surface area contributed by atoms with Gasteiger partial charge in [-0.1, -0.05) is 57.5 Å². The maximum Gasteiger partial charge on any atom is 0.237 e. The minimum atomic E-state index is -0.587. The van der Waals surface area contributed by atoms with E-state index in [4.69, 9.17) is 5.73 Å². The summed E-state index contributed by atoms with van der Waals surface area (Å²) in [5.41, 5.74) is 6.66. The summed E-state index contributed by atoms with van der Waals surface area (Å²) in [5, 5.41) is 6.06. The first kappa shape index (κ1) is 21.4. The molecule has 2 rings (SSSR count). The van der Waals surface area contributed by atoms with Crippen molar-refractivity contribution in [2.75, 3.05) is 6.54 Å². The fourth-order valence-electron chi connectivity index (χ4n) is 4.08. The molecule has 27 heavy (non-hydrogen) atoms. The molecule has 0 bridgehead atoms. The molecule has 4 unspecified atom stereocenters. The van der Waals surface area contributed by atoms with E-state index in [1.54, 1.807) is 6.92 Å². The molecule has 0 aromatic heterocycles. The van der Waals surface area contributed by atoms with Gasteiger partial charge in [0.25, 0.3) is 0 Å². The molecule has 1 aliphatic carbocycles. The monoisotopic (exact) mass is 373 g/mol. The van der Waals surface area contributed by atoms with Crippen LogP contribution in [0.15, 0.2) is 30.3 Å². The summed E-state index contributed by atoms with van der Waals surface area (Å²) in [5.74, 6) is 1.44. The highest BCUT2D eigenvalue weighted by atomic mass is 16.2. The molecule has 2 amide bonds. The van der Waals surface area contributed by atoms with E-state index in [1.807, 2.05) is 30.3 Å². The fourth-order valence-corrected chi connectivity index (χ4v) is 4.08. The van der Waals surface area contributed by atoms with Crippen molar-refractivity contribution in [1.29, 1.82) is 0 Å². The lowest BCUT2D eigenvalue weighted by atomic mass is 9.70. The molecule has 5 nitrogen and oxygen atoms in total. The topological polar surface area (TPSA) is 84.2 Å². The van der Waals surface area contributed by atoms with Crippen LogP contribution in [0.2, 0.25) is 0 Å². The first-order chi connectivity index (χ1) is 12.8. The SMILES string of the molecule is CC1CC[C@@H](C(C)C)C(C(=O)NCC(NC(=O)C(C)N)c2ccccc2)C1. The molecule has 5 heteroatoms. The minimum absolute atomic E-state index is 0.0503. The number of hydrogen-bond donors (Lipinski definition) is 3. The molecule has 150 valence electrons. The number of benzene rings is 1. The summed E-state index contributed by atoms with van der Waals surface area (Å²) in [6, 6.07) is 8.84. The van der Waals surface area contributed by atoms with Crippen molar-refractivity contribution in [2.24, 2.45) is 29.4 Å². The lowest BCUT2D eigenvalue weighted by Crippen LogP contribution is -2.46. The molecule has 1 aliphatic rings. The number of carbonyl (C=O) groups is 2. The molecule has 5 atom stereocenters. The summed E-state index contributed by atoms with van der Waals surface area (Å²) < 4.78 is 0. The highest BCUT2D eigenvalue weighted by Gasteiger charge is 2.35. The second-order valence-electron chi connectivity index (χ2n) is 8.44. The van der Waals surface area contributed by atoms with Crippen LogP contribution in [0.3, 0.4) is 0 Å². The Morgan fingerprint density at radius 2 is 1.81 bits per heavy atom. The fraction of sp³-hybridized carbons (Fsp3) is 0.636. The van der Waals surface area contributed by atoms with Crippen LogP contribution in [0.5, 0.6) is 0 Å². The first-order valence-corrected chi connectivity index (χ1v) is 10.2. The molecular weight excluding hydrogens is 338 g/mol. The highest BCUT2D eigenvalue weighted by Crippen LogP contribution is 2.38. The van der Waals surface area contributed by atoms with E-state index in [2.05, 4.69) is 31.4 Å². The van der Waals surface area contributed by atoms with Gasteiger partial charge in [-0.15, -0.1) is 0 Å². The molecule has 4 N–H and O–H groups in total. The Morgan fingerprint density at radius 3 is 2.41 bits per heavy atom. The van der Waals surface area contributed by atoms with E-state index in [9.17, 15) is 9.59 Å². The third kappa shape index (κ3) is 6.06. The quantitative estimate of drug-likeness (QED) is 0.687. The van der Waals surface area contributed by atoms with E-state index in [0.717, 1.165) is 18.4 Å². The Balaban J connectivity index is 2.06. The molecule has 1 aromatic carbocycles. The van der Waals surface area contributed by atoms with Gasteiger partial charge >= 0.3 is 0 Å². The van der Waals surface area contributed by atoms with Crippen LogP contribution >= 0.6 is 0 Å². The molecular formula is C22H35N3O2. The third-order valence-corrected chi connectivity index (χ3v) is 5.77. The van der Waals surface area contributed by atoms with Gasteiger partial charge in [-0.25, -0.2) is 0 Å². The number of nitrogens with one attached hydrogen (secondary N) is 2. The number of amides is 2. The molecule has 0 saturated heterocycles. The maximum atomic E-state index is 13.0. The zero-order valence-corrected chi connectivity index (χ0v) is 17.1. The standard InChI is InChI=1S/C22H35N3O2/c1-14(2)18-11-10-15(3)12-19(18)22(27)24-13-20(25-21(26)16(4)23)17-8-6-5-7-9-17/h5-9,14-16,18-20H,10-13,23H2,1-4H3,(H,24,27)(H,25,26)/t15?,16?,18-,19?,20?/m0/s1. The zero-order valence-electron chi connectivity index (χ0n) is 17.1. The normalized spacial score (nSPS) is 24.9. The van der Waals surface area contributed by atoms with Crippen LogP contribution < -0.4 is 16.4 Å². The van der Waals surface area contributed by atoms with Gasteiger partial charge in [0.05, 0.1) is 12.1 Å². The lowest BCUT2D eigenvalue weighted by molar-refractivity contribution is -0.130. The average molecular weight is 374 g/mol. The maximum absolute atomic E-state index is 13.0. The van der Waals surface area contributed by atoms with E-state index >= 15 is 0 Å². The Hall–Kier alpha value is -1.88. The van der Waals surface area contributed by atoms with Crippen molar-refractivity contribution < 1.29 is 9.59 Å². The summed E-state index contributed by atoms with van der Waals surface area (Å²) in [7, 11) is 0. The Morgan fingerprint density at radius 1 is 1.15 bits per heavy atom. The molecule has 0 radical (unpaired) electrons. The first-order valence-electron chi connectivity index (χ1n) is 10.2. The van der Waals surface area contributed by atoms with Gasteiger partial charge in [-0.2, -0.15) is 0 Å². The van der Waals surface area contributed by atoms with Gasteiger partial charge in [-0.05, 0) is 43.1 Å². The van der Waals surface area contributed by atoms with Crippen molar-refractivity contribution in [1.82, 2.24) is 10.6 Å². The molecule has 0 spiro atoms. The smallest absolute Gasteiger partial charge is 0.237 e. The predicted octanol–water partition coefficient (Wildman–Crippen LogP) is 3.02. The third-order valence-electron chi connectivity index (χ3n) is 5.77. The Kier molecular flexibility index (Phi) is 7.84. The number of hydrogen-bond acceptors (Lipinski definition) is 3. The molecule has 1 saturated carbocycles. The van der Waals surface area contributed by atoms with Gasteiger partial charge in [0.2, 0.25) is 11.8 Å². The van der Waals surface area contributed by atoms with E-state index in [1.165, 1.54) is 6.42 Å². The predicted molar refractivity (Wildman–Crippen MR) is 109 cm³/mol. The van der Waals surface area contributed by atoms with Crippen molar-refractivity contribution in [3.05, 3.63) is 35.9 Å². The summed E-state index contributed by atoms with van der Waals surface area (Å²) in [4.78, 5) is 25.1. The van der Waals surface area contributed by atoms with Gasteiger partial charge in [0.1, 0.15) is 0 Å². The van der Waals surface area contributed by atoms with E-state index < -0.39 is 6.04 Å². The van der Waals surface area contributed by atoms with Crippen LogP contribution in [-0.2, 0) is 9.59 Å². The Labute approximate surface area is 163 Å². The van der Waals surface area contributed by atoms with Gasteiger partial charge in [0, 0.05) is 12.5 Å². The highest BCUT2D eigenvalue weighted by molar-refractivity contribution is 5.82. The molecule has 1 aromatic rings. The second kappa shape index (κ2) is 9.88. The minimum Gasteiger partial charge on any atom is -0.353 e. The van der Waals surface area contributed by atoms with Crippen LogP contribution in [0.4, 0.5) is 0 Å². The van der Waals surface area contributed by atoms with E-state index in [-0.39, 0.29) is 23.8 Å². The molecule has 0 heterocycles. The van der Waals surface area contributed by atoms with Gasteiger partial charge < -0.3 is 16.4 Å². The lowest BCUT2D eigenvalue weighted by Gasteiger charge is -2.36. The molecule has 0 aliphatic heterocycles. The van der Waals surface area contributed by atoms with Crippen molar-refractivity contribution in [3.63, 3.8) is 0 Å². The van der Waals surface area contributed by atoms with Crippen molar-refractivity contribution in [2.45, 2.75) is 59.0 Å². The number of nitrogens with two attached hydrogens (primary N) is 1. The number of rotatable bonds is 7. The zero-order chi connectivity index (χ0) is 20.0. The summed E-state index contributed by atoms with van der Waals surface area (Å²) in [6.07, 6.45) is 3.25. The second-order valence-corrected chi connectivity index (χ2v) is 8.44. The molecule has 1 fully saturated rings. The van der Waals surface area contributed by atoms with Crippen molar-refractivity contribution in [3.8, 4) is 0 Å². The summed E-state index contributed by atoms with van der Waals surface area (Å²) in [6.45, 7) is 8.67. The van der Waals surface area contributed by atoms with Gasteiger partial charge in [-0.3, -0.25) is 9.59 Å². The van der Waals surface area contributed by atoms with Crippen LogP contribution in [0, 0.1) is 23.7 Å². The average Bonchev–Trinajstić information content (AvgIpc) is 2.64. The summed E-state index contributed by atoms with van der Waals surface area (Å²) >= 11 is 0. The van der Waals surface area contributed by atoms with E-state index in [0.29, 0.717) is 24.3 Å². The van der Waals surface area contributed by atoms with Gasteiger partial charge in [0.15, 0.2) is 0 Å².